The first-order valence-corrected chi connectivity index (χ1v) is 7.66. The summed E-state index contributed by atoms with van der Waals surface area (Å²) in [6.07, 6.45) is 3.25. The van der Waals surface area contributed by atoms with Gasteiger partial charge in [0, 0.05) is 11.1 Å². The molecule has 0 saturated heterocycles. The fourth-order valence-electron chi connectivity index (χ4n) is 2.57. The van der Waals surface area contributed by atoms with Crippen LogP contribution in [0, 0.1) is 0 Å². The maximum absolute atomic E-state index is 12.1. The topological polar surface area (TPSA) is 72.8 Å². The Balaban J connectivity index is 1.91. The van der Waals surface area contributed by atoms with E-state index in [1.807, 2.05) is 30.3 Å². The highest BCUT2D eigenvalue weighted by Gasteiger charge is 2.22. The fraction of sp³-hybridized carbons (Fsp3) is 0.100. The lowest BCUT2D eigenvalue weighted by Gasteiger charge is -2.07. The average Bonchev–Trinajstić information content (AvgIpc) is 2.97. The summed E-state index contributed by atoms with van der Waals surface area (Å²) < 4.78 is 10.6. The largest absolute Gasteiger partial charge is 0.496 e. The van der Waals surface area contributed by atoms with E-state index in [0.717, 1.165) is 11.1 Å². The Morgan fingerprint density at radius 3 is 2.64 bits per heavy atom. The van der Waals surface area contributed by atoms with Gasteiger partial charge in [0.25, 0.3) is 0 Å². The summed E-state index contributed by atoms with van der Waals surface area (Å²) >= 11 is 0. The predicted molar refractivity (Wildman–Crippen MR) is 92.8 cm³/mol. The number of carboxylic acids is 1. The zero-order valence-electron chi connectivity index (χ0n) is 13.6. The van der Waals surface area contributed by atoms with Gasteiger partial charge in [-0.25, -0.2) is 4.79 Å². The van der Waals surface area contributed by atoms with Crippen molar-refractivity contribution < 1.29 is 24.2 Å². The van der Waals surface area contributed by atoms with Crippen LogP contribution in [0.1, 0.15) is 16.7 Å². The molecular formula is C20H16O5. The lowest BCUT2D eigenvalue weighted by Crippen LogP contribution is -2.02. The Kier molecular flexibility index (Phi) is 4.66. The summed E-state index contributed by atoms with van der Waals surface area (Å²) in [7, 11) is 1.48. The van der Waals surface area contributed by atoms with E-state index in [4.69, 9.17) is 14.6 Å². The minimum atomic E-state index is -0.931. The molecule has 0 bridgehead atoms. The van der Waals surface area contributed by atoms with Gasteiger partial charge in [0.05, 0.1) is 19.1 Å². The van der Waals surface area contributed by atoms with Crippen LogP contribution in [0.25, 0.3) is 11.8 Å². The van der Waals surface area contributed by atoms with Crippen LogP contribution >= 0.6 is 0 Å². The number of methoxy groups -OCH3 is 1. The van der Waals surface area contributed by atoms with Crippen LogP contribution in [0.2, 0.25) is 0 Å². The van der Waals surface area contributed by atoms with Crippen LogP contribution in [-0.2, 0) is 20.7 Å². The third-order valence-corrected chi connectivity index (χ3v) is 3.76. The Bertz CT molecular complexity index is 878. The lowest BCUT2D eigenvalue weighted by molar-refractivity contribution is -0.136. The lowest BCUT2D eigenvalue weighted by atomic mass is 10.0. The fourth-order valence-corrected chi connectivity index (χ4v) is 2.57. The van der Waals surface area contributed by atoms with Crippen LogP contribution in [0.15, 0.2) is 60.2 Å². The third-order valence-electron chi connectivity index (χ3n) is 3.76. The average molecular weight is 336 g/mol. The monoisotopic (exact) mass is 336 g/mol. The summed E-state index contributed by atoms with van der Waals surface area (Å²) in [5, 5.41) is 8.92. The molecule has 0 atom stereocenters. The van der Waals surface area contributed by atoms with Gasteiger partial charge in [0.1, 0.15) is 11.5 Å². The van der Waals surface area contributed by atoms with Gasteiger partial charge < -0.3 is 14.6 Å². The smallest absolute Gasteiger partial charge is 0.343 e. The molecule has 2 aromatic rings. The molecule has 0 aliphatic carbocycles. The second-order valence-corrected chi connectivity index (χ2v) is 5.51. The molecule has 0 amide bonds. The first-order valence-electron chi connectivity index (χ1n) is 7.66. The number of ether oxygens (including phenoxy) is 2. The van der Waals surface area contributed by atoms with Gasteiger partial charge in [-0.05, 0) is 23.8 Å². The molecule has 0 spiro atoms. The van der Waals surface area contributed by atoms with Gasteiger partial charge in [-0.3, -0.25) is 4.79 Å². The molecule has 1 N–H and O–H groups in total. The summed E-state index contributed by atoms with van der Waals surface area (Å²) in [5.41, 5.74) is 2.55. The van der Waals surface area contributed by atoms with E-state index in [9.17, 15) is 9.59 Å². The minimum absolute atomic E-state index is 0.125. The Morgan fingerprint density at radius 1 is 1.20 bits per heavy atom. The normalized spacial score (nSPS) is 15.0. The second-order valence-electron chi connectivity index (χ2n) is 5.51. The van der Waals surface area contributed by atoms with E-state index in [1.54, 1.807) is 30.4 Å². The number of hydrogen-bond acceptors (Lipinski definition) is 4. The number of esters is 1. The molecule has 0 unspecified atom stereocenters. The van der Waals surface area contributed by atoms with Crippen molar-refractivity contribution in [2.24, 2.45) is 0 Å². The van der Waals surface area contributed by atoms with Crippen molar-refractivity contribution in [1.29, 1.82) is 0 Å². The standard InChI is InChI=1S/C20H16O5/c1-24-17-10-13(7-8-15(17)12-19(21)22)9-16-11-18(25-20(16)23)14-5-3-2-4-6-14/h2-11H,12H2,1H3,(H,21,22)/b16-9-. The molecule has 3 rings (SSSR count). The highest BCUT2D eigenvalue weighted by molar-refractivity contribution is 6.05. The van der Waals surface area contributed by atoms with E-state index < -0.39 is 11.9 Å². The molecule has 5 nitrogen and oxygen atoms in total. The van der Waals surface area contributed by atoms with Gasteiger partial charge in [0.2, 0.25) is 0 Å². The van der Waals surface area contributed by atoms with Crippen molar-refractivity contribution in [1.82, 2.24) is 0 Å². The number of carboxylic acid groups (broad SMARTS) is 1. The molecule has 2 aromatic carbocycles. The number of hydrogen-bond donors (Lipinski definition) is 1. The molecule has 1 aliphatic heterocycles. The van der Waals surface area contributed by atoms with E-state index >= 15 is 0 Å². The van der Waals surface area contributed by atoms with Crippen molar-refractivity contribution in [3.8, 4) is 5.75 Å². The SMILES string of the molecule is COc1cc(/C=C2/C=C(c3ccccc3)OC2=O)ccc1CC(=O)O. The maximum Gasteiger partial charge on any atom is 0.343 e. The highest BCUT2D eigenvalue weighted by Crippen LogP contribution is 2.28. The van der Waals surface area contributed by atoms with Gasteiger partial charge >= 0.3 is 11.9 Å². The number of carbonyl (C=O) groups excluding carboxylic acids is 1. The van der Waals surface area contributed by atoms with Crippen molar-refractivity contribution in [3.63, 3.8) is 0 Å². The first-order chi connectivity index (χ1) is 12.1. The van der Waals surface area contributed by atoms with Gasteiger partial charge in [-0.15, -0.1) is 0 Å². The van der Waals surface area contributed by atoms with Crippen molar-refractivity contribution in [2.75, 3.05) is 7.11 Å². The molecule has 0 saturated carbocycles. The Labute approximate surface area is 144 Å². The number of rotatable bonds is 5. The molecule has 5 heteroatoms. The highest BCUT2D eigenvalue weighted by atomic mass is 16.5. The van der Waals surface area contributed by atoms with Crippen LogP contribution in [0.4, 0.5) is 0 Å². The number of benzene rings is 2. The molecule has 25 heavy (non-hydrogen) atoms. The second kappa shape index (κ2) is 7.05. The van der Waals surface area contributed by atoms with E-state index in [2.05, 4.69) is 0 Å². The van der Waals surface area contributed by atoms with Crippen LogP contribution in [-0.4, -0.2) is 24.2 Å². The van der Waals surface area contributed by atoms with Gasteiger partial charge in [0.15, 0.2) is 0 Å². The van der Waals surface area contributed by atoms with Crippen LogP contribution in [0.3, 0.4) is 0 Å². The molecule has 0 aromatic heterocycles. The molecule has 0 radical (unpaired) electrons. The Hall–Kier alpha value is -3.34. The van der Waals surface area contributed by atoms with E-state index in [1.165, 1.54) is 7.11 Å². The van der Waals surface area contributed by atoms with Gasteiger partial charge in [-0.1, -0.05) is 42.5 Å². The predicted octanol–water partition coefficient (Wildman–Crippen LogP) is 3.30. The molecular weight excluding hydrogens is 320 g/mol. The molecule has 126 valence electrons. The molecule has 0 fully saturated rings. The summed E-state index contributed by atoms with van der Waals surface area (Å²) in [6.45, 7) is 0. The van der Waals surface area contributed by atoms with E-state index in [-0.39, 0.29) is 6.42 Å². The number of carbonyl (C=O) groups is 2. The summed E-state index contributed by atoms with van der Waals surface area (Å²) in [6, 6.07) is 14.5. The van der Waals surface area contributed by atoms with Crippen LogP contribution < -0.4 is 4.74 Å². The molecule has 1 heterocycles. The number of aliphatic carboxylic acids is 1. The maximum atomic E-state index is 12.1. The number of cyclic esters (lactones) is 1. The quantitative estimate of drug-likeness (QED) is 0.670. The Morgan fingerprint density at radius 2 is 1.96 bits per heavy atom. The zero-order valence-corrected chi connectivity index (χ0v) is 13.6. The summed E-state index contributed by atoms with van der Waals surface area (Å²) in [5.74, 6) is -0.381. The van der Waals surface area contributed by atoms with E-state index in [0.29, 0.717) is 22.6 Å². The van der Waals surface area contributed by atoms with Gasteiger partial charge in [-0.2, -0.15) is 0 Å². The third kappa shape index (κ3) is 3.77. The first kappa shape index (κ1) is 16.5. The summed E-state index contributed by atoms with van der Waals surface area (Å²) in [4.78, 5) is 23.0. The minimum Gasteiger partial charge on any atom is -0.496 e. The van der Waals surface area contributed by atoms with Crippen molar-refractivity contribution in [3.05, 3.63) is 76.9 Å². The molecule has 1 aliphatic rings. The van der Waals surface area contributed by atoms with Crippen LogP contribution in [0.5, 0.6) is 5.75 Å². The zero-order chi connectivity index (χ0) is 17.8. The van der Waals surface area contributed by atoms with Crippen molar-refractivity contribution in [2.45, 2.75) is 6.42 Å². The van der Waals surface area contributed by atoms with Crippen molar-refractivity contribution >= 4 is 23.8 Å².